The number of ether oxygens (including phenoxy) is 1. The first-order chi connectivity index (χ1) is 6.06. The molecule has 0 aliphatic heterocycles. The summed E-state index contributed by atoms with van der Waals surface area (Å²) in [6.45, 7) is 0. The van der Waals surface area contributed by atoms with E-state index >= 15 is 0 Å². The first-order valence-corrected chi connectivity index (χ1v) is 4.70. The SMILES string of the molecule is COc1nc(C(F)F)c(Cl)cc1I. The molecule has 0 atom stereocenters. The van der Waals surface area contributed by atoms with Crippen LogP contribution in [-0.4, -0.2) is 12.1 Å². The quantitative estimate of drug-likeness (QED) is 0.781. The molecule has 1 aromatic heterocycles. The van der Waals surface area contributed by atoms with Gasteiger partial charge in [0.2, 0.25) is 5.88 Å². The molecule has 0 amide bonds. The summed E-state index contributed by atoms with van der Waals surface area (Å²) in [5, 5.41) is -0.0415. The van der Waals surface area contributed by atoms with E-state index < -0.39 is 12.1 Å². The van der Waals surface area contributed by atoms with E-state index in [2.05, 4.69) is 4.98 Å². The topological polar surface area (TPSA) is 22.1 Å². The molecular formula is C7H5ClF2INO. The second-order valence-electron chi connectivity index (χ2n) is 2.15. The predicted molar refractivity (Wildman–Crippen MR) is 53.5 cm³/mol. The zero-order valence-corrected chi connectivity index (χ0v) is 9.44. The standard InChI is InChI=1S/C7H5ClF2INO/c1-13-7-4(11)2-3(8)5(12-7)6(9)10/h2,6H,1H3. The van der Waals surface area contributed by atoms with E-state index in [4.69, 9.17) is 16.3 Å². The summed E-state index contributed by atoms with van der Waals surface area (Å²) < 4.78 is 29.9. The van der Waals surface area contributed by atoms with Crippen molar-refractivity contribution in [3.05, 3.63) is 20.4 Å². The zero-order chi connectivity index (χ0) is 10.0. The Hall–Kier alpha value is -0.170. The van der Waals surface area contributed by atoms with E-state index in [1.54, 1.807) is 0 Å². The molecule has 2 nitrogen and oxygen atoms in total. The average Bonchev–Trinajstić information content (AvgIpc) is 2.03. The molecule has 13 heavy (non-hydrogen) atoms. The maximum atomic E-state index is 12.3. The Morgan fingerprint density at radius 1 is 1.62 bits per heavy atom. The Morgan fingerprint density at radius 2 is 2.23 bits per heavy atom. The van der Waals surface area contributed by atoms with E-state index in [1.807, 2.05) is 22.6 Å². The molecule has 0 radical (unpaired) electrons. The lowest BCUT2D eigenvalue weighted by Gasteiger charge is -2.06. The monoisotopic (exact) mass is 319 g/mol. The first kappa shape index (κ1) is 10.9. The summed E-state index contributed by atoms with van der Waals surface area (Å²) in [4.78, 5) is 3.58. The second-order valence-corrected chi connectivity index (χ2v) is 3.72. The van der Waals surface area contributed by atoms with Crippen LogP contribution in [0.2, 0.25) is 5.02 Å². The van der Waals surface area contributed by atoms with Crippen molar-refractivity contribution >= 4 is 34.2 Å². The highest BCUT2D eigenvalue weighted by Gasteiger charge is 2.17. The molecule has 0 fully saturated rings. The lowest BCUT2D eigenvalue weighted by molar-refractivity contribution is 0.145. The number of halogens is 4. The summed E-state index contributed by atoms with van der Waals surface area (Å²) in [5.74, 6) is 0.167. The molecule has 0 unspecified atom stereocenters. The maximum absolute atomic E-state index is 12.3. The van der Waals surface area contributed by atoms with Crippen molar-refractivity contribution in [1.29, 1.82) is 0 Å². The van der Waals surface area contributed by atoms with E-state index in [1.165, 1.54) is 13.2 Å². The number of hydrogen-bond acceptors (Lipinski definition) is 2. The molecule has 6 heteroatoms. The summed E-state index contributed by atoms with van der Waals surface area (Å²) in [7, 11) is 1.37. The van der Waals surface area contributed by atoms with Gasteiger partial charge in [0, 0.05) is 0 Å². The first-order valence-electron chi connectivity index (χ1n) is 3.24. The van der Waals surface area contributed by atoms with E-state index in [0.717, 1.165) is 0 Å². The van der Waals surface area contributed by atoms with Crippen LogP contribution in [0.1, 0.15) is 12.1 Å². The van der Waals surface area contributed by atoms with E-state index in [-0.39, 0.29) is 10.9 Å². The highest BCUT2D eigenvalue weighted by Crippen LogP contribution is 2.30. The molecule has 0 saturated carbocycles. The molecule has 0 bridgehead atoms. The minimum atomic E-state index is -2.68. The predicted octanol–water partition coefficient (Wildman–Crippen LogP) is 3.29. The van der Waals surface area contributed by atoms with Gasteiger partial charge in [-0.2, -0.15) is 0 Å². The van der Waals surface area contributed by atoms with Crippen LogP contribution in [0.4, 0.5) is 8.78 Å². The minimum absolute atomic E-state index is 0.0415. The number of alkyl halides is 2. The fraction of sp³-hybridized carbons (Fsp3) is 0.286. The van der Waals surface area contributed by atoms with Crippen molar-refractivity contribution in [3.63, 3.8) is 0 Å². The number of pyridine rings is 1. The Morgan fingerprint density at radius 3 is 2.69 bits per heavy atom. The van der Waals surface area contributed by atoms with Gasteiger partial charge >= 0.3 is 0 Å². The Kier molecular flexibility index (Phi) is 3.66. The maximum Gasteiger partial charge on any atom is 0.281 e. The molecule has 0 N–H and O–H groups in total. The van der Waals surface area contributed by atoms with Gasteiger partial charge < -0.3 is 4.74 Å². The van der Waals surface area contributed by atoms with Gasteiger partial charge in [-0.15, -0.1) is 0 Å². The zero-order valence-electron chi connectivity index (χ0n) is 6.52. The summed E-state index contributed by atoms with van der Waals surface area (Å²) in [5.41, 5.74) is -0.445. The molecule has 0 spiro atoms. The lowest BCUT2D eigenvalue weighted by atomic mass is 10.3. The van der Waals surface area contributed by atoms with Gasteiger partial charge in [0.25, 0.3) is 6.43 Å². The van der Waals surface area contributed by atoms with E-state index in [9.17, 15) is 8.78 Å². The van der Waals surface area contributed by atoms with Crippen LogP contribution in [0.3, 0.4) is 0 Å². The third kappa shape index (κ3) is 2.40. The van der Waals surface area contributed by atoms with Gasteiger partial charge in [-0.1, -0.05) is 11.6 Å². The largest absolute Gasteiger partial charge is 0.480 e. The number of aromatic nitrogens is 1. The highest BCUT2D eigenvalue weighted by molar-refractivity contribution is 14.1. The molecule has 0 aliphatic carbocycles. The summed E-state index contributed by atoms with van der Waals surface area (Å²) >= 11 is 7.46. The Bertz CT molecular complexity index is 322. The molecule has 1 heterocycles. The molecule has 0 aliphatic rings. The van der Waals surface area contributed by atoms with Gasteiger partial charge in [0.05, 0.1) is 15.7 Å². The van der Waals surface area contributed by atoms with Crippen molar-refractivity contribution < 1.29 is 13.5 Å². The van der Waals surface area contributed by atoms with Crippen LogP contribution in [0.25, 0.3) is 0 Å². The molecule has 0 saturated heterocycles. The third-order valence-electron chi connectivity index (χ3n) is 1.32. The molecule has 72 valence electrons. The second kappa shape index (κ2) is 4.36. The normalized spacial score (nSPS) is 10.6. The highest BCUT2D eigenvalue weighted by atomic mass is 127. The number of hydrogen-bond donors (Lipinski definition) is 0. The average molecular weight is 319 g/mol. The van der Waals surface area contributed by atoms with Gasteiger partial charge in [-0.05, 0) is 28.7 Å². The van der Waals surface area contributed by atoms with Crippen LogP contribution in [0.15, 0.2) is 6.07 Å². The van der Waals surface area contributed by atoms with Crippen molar-refractivity contribution in [1.82, 2.24) is 4.98 Å². The van der Waals surface area contributed by atoms with Crippen molar-refractivity contribution in [2.24, 2.45) is 0 Å². The van der Waals surface area contributed by atoms with Crippen LogP contribution < -0.4 is 4.74 Å². The lowest BCUT2D eigenvalue weighted by Crippen LogP contribution is -1.97. The Labute approximate surface area is 92.4 Å². The smallest absolute Gasteiger partial charge is 0.281 e. The molecule has 1 rings (SSSR count). The molecule has 0 aromatic carbocycles. The van der Waals surface area contributed by atoms with Gasteiger partial charge in [0.15, 0.2) is 0 Å². The Balaban J connectivity index is 3.22. The molecular weight excluding hydrogens is 314 g/mol. The number of methoxy groups -OCH3 is 1. The summed E-state index contributed by atoms with van der Waals surface area (Å²) in [6, 6.07) is 1.40. The van der Waals surface area contributed by atoms with Crippen molar-refractivity contribution in [2.45, 2.75) is 6.43 Å². The fourth-order valence-electron chi connectivity index (χ4n) is 0.759. The van der Waals surface area contributed by atoms with Crippen molar-refractivity contribution in [3.8, 4) is 5.88 Å². The molecule has 1 aromatic rings. The van der Waals surface area contributed by atoms with Gasteiger partial charge in [-0.3, -0.25) is 0 Å². The van der Waals surface area contributed by atoms with Crippen molar-refractivity contribution in [2.75, 3.05) is 7.11 Å². The van der Waals surface area contributed by atoms with Crippen LogP contribution >= 0.6 is 34.2 Å². The summed E-state index contributed by atoms with van der Waals surface area (Å²) in [6.07, 6.45) is -2.68. The van der Waals surface area contributed by atoms with Gasteiger partial charge in [-0.25, -0.2) is 13.8 Å². The minimum Gasteiger partial charge on any atom is -0.480 e. The number of nitrogens with zero attached hydrogens (tertiary/aromatic N) is 1. The van der Waals surface area contributed by atoms with Crippen LogP contribution in [0.5, 0.6) is 5.88 Å². The van der Waals surface area contributed by atoms with E-state index in [0.29, 0.717) is 3.57 Å². The van der Waals surface area contributed by atoms with Crippen LogP contribution in [-0.2, 0) is 0 Å². The van der Waals surface area contributed by atoms with Gasteiger partial charge in [0.1, 0.15) is 5.69 Å². The fourth-order valence-corrected chi connectivity index (χ4v) is 1.83. The van der Waals surface area contributed by atoms with Crippen LogP contribution in [0, 0.1) is 3.57 Å². The third-order valence-corrected chi connectivity index (χ3v) is 2.40. The number of rotatable bonds is 2.